The van der Waals surface area contributed by atoms with Gasteiger partial charge in [0.1, 0.15) is 5.75 Å². The average molecular weight is 226 g/mol. The highest BCUT2D eigenvalue weighted by Gasteiger charge is 2.10. The number of nitrogens with zero attached hydrogens (tertiary/aromatic N) is 2. The molecule has 0 aliphatic heterocycles. The molecule has 3 heteroatoms. The minimum atomic E-state index is 0.605. The molecule has 0 aliphatic carbocycles. The number of aromatic nitrogens is 1. The summed E-state index contributed by atoms with van der Waals surface area (Å²) < 4.78 is 7.46. The Kier molecular flexibility index (Phi) is 2.88. The third-order valence-corrected chi connectivity index (χ3v) is 2.82. The molecule has 0 aliphatic rings. The summed E-state index contributed by atoms with van der Waals surface area (Å²) in [7, 11) is 1.62. The lowest BCUT2D eigenvalue weighted by Gasteiger charge is -2.13. The monoisotopic (exact) mass is 226 g/mol. The first kappa shape index (κ1) is 11.3. The van der Waals surface area contributed by atoms with Crippen molar-refractivity contribution >= 4 is 0 Å². The maximum absolute atomic E-state index is 8.88. The summed E-state index contributed by atoms with van der Waals surface area (Å²) in [5.74, 6) is 0.714. The second-order valence-corrected chi connectivity index (χ2v) is 3.95. The van der Waals surface area contributed by atoms with Crippen molar-refractivity contribution in [2.45, 2.75) is 13.8 Å². The molecule has 0 amide bonds. The van der Waals surface area contributed by atoms with Gasteiger partial charge in [0.15, 0.2) is 0 Å². The summed E-state index contributed by atoms with van der Waals surface area (Å²) in [5, 5.41) is 8.88. The lowest BCUT2D eigenvalue weighted by Crippen LogP contribution is -2.01. The number of ether oxygens (including phenoxy) is 1. The molecule has 0 atom stereocenters. The van der Waals surface area contributed by atoms with E-state index < -0.39 is 0 Å². The zero-order valence-corrected chi connectivity index (χ0v) is 10.2. The first-order valence-electron chi connectivity index (χ1n) is 5.41. The summed E-state index contributed by atoms with van der Waals surface area (Å²) in [4.78, 5) is 0. The summed E-state index contributed by atoms with van der Waals surface area (Å²) in [5.41, 5.74) is 3.86. The van der Waals surface area contributed by atoms with Crippen molar-refractivity contribution in [2.75, 3.05) is 7.11 Å². The van der Waals surface area contributed by atoms with Crippen molar-refractivity contribution in [1.82, 2.24) is 4.57 Å². The molecule has 2 aromatic rings. The summed E-state index contributed by atoms with van der Waals surface area (Å²) in [6.07, 6.45) is 0. The van der Waals surface area contributed by atoms with Crippen LogP contribution in [0.1, 0.15) is 17.0 Å². The predicted octanol–water partition coefficient (Wildman–Crippen LogP) is 2.97. The van der Waals surface area contributed by atoms with Crippen molar-refractivity contribution in [1.29, 1.82) is 5.26 Å². The van der Waals surface area contributed by atoms with Gasteiger partial charge in [-0.1, -0.05) is 0 Å². The highest BCUT2D eigenvalue weighted by atomic mass is 16.5. The van der Waals surface area contributed by atoms with Crippen molar-refractivity contribution < 1.29 is 4.74 Å². The van der Waals surface area contributed by atoms with Crippen molar-refractivity contribution in [3.05, 3.63) is 47.3 Å². The molecule has 1 heterocycles. The van der Waals surface area contributed by atoms with Crippen LogP contribution in [0.15, 0.2) is 30.3 Å². The van der Waals surface area contributed by atoms with Gasteiger partial charge in [-0.2, -0.15) is 5.26 Å². The topological polar surface area (TPSA) is 37.9 Å². The number of nitriles is 1. The van der Waals surface area contributed by atoms with Crippen molar-refractivity contribution in [2.24, 2.45) is 0 Å². The molecule has 0 bridgehead atoms. The van der Waals surface area contributed by atoms with Gasteiger partial charge in [0.2, 0.25) is 0 Å². The Morgan fingerprint density at radius 2 is 1.76 bits per heavy atom. The smallest absolute Gasteiger partial charge is 0.144 e. The van der Waals surface area contributed by atoms with Crippen LogP contribution in [-0.2, 0) is 0 Å². The molecule has 0 spiro atoms. The van der Waals surface area contributed by atoms with E-state index in [0.29, 0.717) is 11.3 Å². The number of rotatable bonds is 2. The molecule has 0 saturated heterocycles. The SMILES string of the molecule is COc1cc(C#N)ccc1-n1c(C)ccc1C. The van der Waals surface area contributed by atoms with Gasteiger partial charge in [-0.25, -0.2) is 0 Å². The van der Waals surface area contributed by atoms with E-state index in [0.717, 1.165) is 17.1 Å². The maximum Gasteiger partial charge on any atom is 0.144 e. The van der Waals surface area contributed by atoms with Crippen LogP contribution < -0.4 is 4.74 Å². The summed E-state index contributed by atoms with van der Waals surface area (Å²) in [6, 6.07) is 11.7. The van der Waals surface area contributed by atoms with E-state index in [9.17, 15) is 0 Å². The Morgan fingerprint density at radius 1 is 1.12 bits per heavy atom. The first-order chi connectivity index (χ1) is 8.17. The first-order valence-corrected chi connectivity index (χ1v) is 5.41. The van der Waals surface area contributed by atoms with E-state index in [2.05, 4.69) is 22.8 Å². The van der Waals surface area contributed by atoms with Crippen LogP contribution in [0.4, 0.5) is 0 Å². The van der Waals surface area contributed by atoms with Gasteiger partial charge in [-0.05, 0) is 38.1 Å². The minimum Gasteiger partial charge on any atom is -0.495 e. The van der Waals surface area contributed by atoms with E-state index in [1.54, 1.807) is 19.2 Å². The van der Waals surface area contributed by atoms with E-state index in [4.69, 9.17) is 10.00 Å². The van der Waals surface area contributed by atoms with E-state index in [-0.39, 0.29) is 0 Å². The van der Waals surface area contributed by atoms with E-state index >= 15 is 0 Å². The third kappa shape index (κ3) is 1.90. The van der Waals surface area contributed by atoms with Crippen LogP contribution in [0.2, 0.25) is 0 Å². The fraction of sp³-hybridized carbons (Fsp3) is 0.214. The number of hydrogen-bond acceptors (Lipinski definition) is 2. The second kappa shape index (κ2) is 4.34. The lowest BCUT2D eigenvalue weighted by atomic mass is 10.2. The molecule has 1 aromatic heterocycles. The fourth-order valence-electron chi connectivity index (χ4n) is 1.98. The van der Waals surface area contributed by atoms with Gasteiger partial charge in [-0.15, -0.1) is 0 Å². The minimum absolute atomic E-state index is 0.605. The third-order valence-electron chi connectivity index (χ3n) is 2.82. The molecule has 0 unspecified atom stereocenters. The number of aryl methyl sites for hydroxylation is 2. The average Bonchev–Trinajstić information content (AvgIpc) is 2.68. The molecule has 0 N–H and O–H groups in total. The predicted molar refractivity (Wildman–Crippen MR) is 66.5 cm³/mol. The van der Waals surface area contributed by atoms with Gasteiger partial charge < -0.3 is 9.30 Å². The standard InChI is InChI=1S/C14H14N2O/c1-10-4-5-11(2)16(10)13-7-6-12(9-15)8-14(13)17-3/h4-8H,1-3H3. The summed E-state index contributed by atoms with van der Waals surface area (Å²) >= 11 is 0. The van der Waals surface area contributed by atoms with Crippen LogP contribution in [0, 0.1) is 25.2 Å². The molecule has 0 radical (unpaired) electrons. The van der Waals surface area contributed by atoms with E-state index in [1.807, 2.05) is 19.9 Å². The summed E-state index contributed by atoms with van der Waals surface area (Å²) in [6.45, 7) is 4.09. The van der Waals surface area contributed by atoms with Gasteiger partial charge in [0.05, 0.1) is 24.4 Å². The van der Waals surface area contributed by atoms with Gasteiger partial charge in [0.25, 0.3) is 0 Å². The molecule has 0 saturated carbocycles. The van der Waals surface area contributed by atoms with Crippen LogP contribution in [-0.4, -0.2) is 11.7 Å². The molecule has 17 heavy (non-hydrogen) atoms. The van der Waals surface area contributed by atoms with E-state index in [1.165, 1.54) is 0 Å². The van der Waals surface area contributed by atoms with Crippen LogP contribution >= 0.6 is 0 Å². The Hall–Kier alpha value is -2.21. The molecule has 2 rings (SSSR count). The Morgan fingerprint density at radius 3 is 2.29 bits per heavy atom. The normalized spacial score (nSPS) is 10.0. The van der Waals surface area contributed by atoms with Gasteiger partial charge >= 0.3 is 0 Å². The Balaban J connectivity index is 2.64. The van der Waals surface area contributed by atoms with Crippen molar-refractivity contribution in [3.63, 3.8) is 0 Å². The number of benzene rings is 1. The van der Waals surface area contributed by atoms with Crippen LogP contribution in [0.3, 0.4) is 0 Å². The highest BCUT2D eigenvalue weighted by molar-refractivity contribution is 5.53. The van der Waals surface area contributed by atoms with Gasteiger partial charge in [-0.3, -0.25) is 0 Å². The Labute approximate surface area is 101 Å². The van der Waals surface area contributed by atoms with Crippen LogP contribution in [0.25, 0.3) is 5.69 Å². The quantitative estimate of drug-likeness (QED) is 0.789. The zero-order chi connectivity index (χ0) is 12.4. The second-order valence-electron chi connectivity index (χ2n) is 3.95. The molecule has 0 fully saturated rings. The van der Waals surface area contributed by atoms with Gasteiger partial charge in [0, 0.05) is 17.5 Å². The lowest BCUT2D eigenvalue weighted by molar-refractivity contribution is 0.412. The molecule has 1 aromatic carbocycles. The zero-order valence-electron chi connectivity index (χ0n) is 10.2. The number of hydrogen-bond donors (Lipinski definition) is 0. The highest BCUT2D eigenvalue weighted by Crippen LogP contribution is 2.27. The molecule has 86 valence electrons. The largest absolute Gasteiger partial charge is 0.495 e. The number of methoxy groups -OCH3 is 1. The molecular weight excluding hydrogens is 212 g/mol. The van der Waals surface area contributed by atoms with Crippen LogP contribution in [0.5, 0.6) is 5.75 Å². The molecular formula is C14H14N2O. The Bertz CT molecular complexity index is 571. The van der Waals surface area contributed by atoms with Crippen molar-refractivity contribution in [3.8, 4) is 17.5 Å². The fourth-order valence-corrected chi connectivity index (χ4v) is 1.98. The molecule has 3 nitrogen and oxygen atoms in total. The maximum atomic E-state index is 8.88.